The summed E-state index contributed by atoms with van der Waals surface area (Å²) in [7, 11) is 0. The number of aryl methyl sites for hydroxylation is 1. The van der Waals surface area contributed by atoms with Gasteiger partial charge in [0.25, 0.3) is 5.91 Å². The molecule has 0 radical (unpaired) electrons. The summed E-state index contributed by atoms with van der Waals surface area (Å²) in [5.74, 6) is 0.705. The van der Waals surface area contributed by atoms with Crippen LogP contribution in [0.5, 0.6) is 5.75 Å². The SMILES string of the molecule is Cc1ccc(-c2n[nH]c3c2C(c2ccc(OCc4ccc(Cl)cc4)cc2)N(Cc2ccccc2)C3=O)cc1. The highest BCUT2D eigenvalue weighted by molar-refractivity contribution is 6.30. The van der Waals surface area contributed by atoms with Crippen molar-refractivity contribution in [2.24, 2.45) is 0 Å². The van der Waals surface area contributed by atoms with Gasteiger partial charge in [0, 0.05) is 22.7 Å². The number of benzene rings is 4. The summed E-state index contributed by atoms with van der Waals surface area (Å²) < 4.78 is 6.01. The van der Waals surface area contributed by atoms with Crippen LogP contribution in [0.3, 0.4) is 0 Å². The van der Waals surface area contributed by atoms with E-state index in [2.05, 4.69) is 41.4 Å². The van der Waals surface area contributed by atoms with Crippen molar-refractivity contribution in [2.75, 3.05) is 0 Å². The van der Waals surface area contributed by atoms with Gasteiger partial charge in [-0.15, -0.1) is 0 Å². The first-order valence-electron chi connectivity index (χ1n) is 12.5. The minimum absolute atomic E-state index is 0.0530. The van der Waals surface area contributed by atoms with Crippen LogP contribution in [0.15, 0.2) is 103 Å². The maximum Gasteiger partial charge on any atom is 0.273 e. The van der Waals surface area contributed by atoms with Crippen molar-refractivity contribution in [1.29, 1.82) is 0 Å². The minimum atomic E-state index is -0.280. The number of carbonyl (C=O) groups excluding carboxylic acids is 1. The number of nitrogens with one attached hydrogen (secondary N) is 1. The molecule has 188 valence electrons. The van der Waals surface area contributed by atoms with E-state index < -0.39 is 0 Å². The molecule has 6 heteroatoms. The molecule has 4 aromatic carbocycles. The smallest absolute Gasteiger partial charge is 0.273 e. The molecule has 0 bridgehead atoms. The summed E-state index contributed by atoms with van der Waals surface area (Å²) in [6.45, 7) is 3.00. The lowest BCUT2D eigenvalue weighted by Crippen LogP contribution is -2.29. The molecule has 2 heterocycles. The second kappa shape index (κ2) is 10.2. The van der Waals surface area contributed by atoms with Crippen molar-refractivity contribution in [3.8, 4) is 17.0 Å². The Morgan fingerprint density at radius 2 is 1.58 bits per heavy atom. The Balaban J connectivity index is 1.34. The monoisotopic (exact) mass is 519 g/mol. The van der Waals surface area contributed by atoms with Gasteiger partial charge in [-0.3, -0.25) is 9.89 Å². The maximum atomic E-state index is 13.7. The van der Waals surface area contributed by atoms with Gasteiger partial charge in [0.05, 0.1) is 11.7 Å². The lowest BCUT2D eigenvalue weighted by atomic mass is 9.95. The Bertz CT molecular complexity index is 1560. The van der Waals surface area contributed by atoms with Gasteiger partial charge >= 0.3 is 0 Å². The predicted octanol–water partition coefficient (Wildman–Crippen LogP) is 7.36. The number of aromatic nitrogens is 2. The van der Waals surface area contributed by atoms with E-state index in [9.17, 15) is 4.79 Å². The summed E-state index contributed by atoms with van der Waals surface area (Å²) in [5, 5.41) is 8.33. The fraction of sp³-hybridized carbons (Fsp3) is 0.125. The molecule has 0 fully saturated rings. The number of nitrogens with zero attached hydrogens (tertiary/aromatic N) is 2. The first-order valence-corrected chi connectivity index (χ1v) is 12.9. The number of hydrogen-bond acceptors (Lipinski definition) is 3. The molecule has 0 spiro atoms. The number of rotatable bonds is 7. The van der Waals surface area contributed by atoms with Crippen LogP contribution in [0.1, 0.15) is 44.3 Å². The van der Waals surface area contributed by atoms with Crippen molar-refractivity contribution in [2.45, 2.75) is 26.1 Å². The van der Waals surface area contributed by atoms with E-state index in [0.717, 1.165) is 39.3 Å². The average Bonchev–Trinajstić information content (AvgIpc) is 3.49. The molecular weight excluding hydrogens is 494 g/mol. The van der Waals surface area contributed by atoms with E-state index in [-0.39, 0.29) is 11.9 Å². The Morgan fingerprint density at radius 1 is 0.868 bits per heavy atom. The van der Waals surface area contributed by atoms with Gasteiger partial charge in [-0.25, -0.2) is 0 Å². The van der Waals surface area contributed by atoms with Gasteiger partial charge in [-0.05, 0) is 47.9 Å². The van der Waals surface area contributed by atoms with E-state index >= 15 is 0 Å². The number of halogens is 1. The largest absolute Gasteiger partial charge is 0.489 e. The van der Waals surface area contributed by atoms with Crippen LogP contribution in [0, 0.1) is 6.92 Å². The molecule has 6 rings (SSSR count). The van der Waals surface area contributed by atoms with E-state index in [1.165, 1.54) is 5.56 Å². The third-order valence-corrected chi connectivity index (χ3v) is 7.15. The number of carbonyl (C=O) groups is 1. The molecule has 1 unspecified atom stereocenters. The number of hydrogen-bond donors (Lipinski definition) is 1. The number of fused-ring (bicyclic) bond motifs is 1. The third kappa shape index (κ3) is 4.69. The minimum Gasteiger partial charge on any atom is -0.489 e. The zero-order chi connectivity index (χ0) is 26.1. The van der Waals surface area contributed by atoms with Crippen LogP contribution < -0.4 is 4.74 Å². The van der Waals surface area contributed by atoms with Gasteiger partial charge in [-0.1, -0.05) is 96.0 Å². The normalized spacial score (nSPS) is 14.5. The summed E-state index contributed by atoms with van der Waals surface area (Å²) >= 11 is 5.99. The molecule has 5 nitrogen and oxygen atoms in total. The highest BCUT2D eigenvalue weighted by Crippen LogP contribution is 2.43. The zero-order valence-corrected chi connectivity index (χ0v) is 21.7. The topological polar surface area (TPSA) is 58.2 Å². The first-order chi connectivity index (χ1) is 18.6. The molecule has 1 aromatic heterocycles. The number of amides is 1. The molecule has 1 N–H and O–H groups in total. The molecule has 0 aliphatic carbocycles. The standard InChI is InChI=1S/C32H26ClN3O2/c1-21-7-11-24(12-8-21)29-28-30(35-34-29)32(37)36(19-22-5-3-2-4-6-22)31(28)25-13-17-27(18-14-25)38-20-23-9-15-26(33)16-10-23/h2-18,31H,19-20H2,1H3,(H,34,35). The molecule has 0 saturated heterocycles. The van der Waals surface area contributed by atoms with Crippen LogP contribution in [0.4, 0.5) is 0 Å². The van der Waals surface area contributed by atoms with Gasteiger partial charge in [-0.2, -0.15) is 5.10 Å². The predicted molar refractivity (Wildman–Crippen MR) is 149 cm³/mol. The Hall–Kier alpha value is -4.35. The fourth-order valence-electron chi connectivity index (χ4n) is 4.91. The van der Waals surface area contributed by atoms with Crippen molar-refractivity contribution in [1.82, 2.24) is 15.1 Å². The molecule has 5 aromatic rings. The van der Waals surface area contributed by atoms with E-state index in [4.69, 9.17) is 16.3 Å². The molecular formula is C32H26ClN3O2. The highest BCUT2D eigenvalue weighted by Gasteiger charge is 2.42. The van der Waals surface area contributed by atoms with Crippen molar-refractivity contribution < 1.29 is 9.53 Å². The van der Waals surface area contributed by atoms with Crippen LogP contribution >= 0.6 is 11.6 Å². The molecule has 0 saturated carbocycles. The first kappa shape index (κ1) is 24.0. The third-order valence-electron chi connectivity index (χ3n) is 6.90. The van der Waals surface area contributed by atoms with Crippen molar-refractivity contribution in [3.05, 3.63) is 142 Å². The van der Waals surface area contributed by atoms with Crippen LogP contribution in [-0.4, -0.2) is 21.0 Å². The summed E-state index contributed by atoms with van der Waals surface area (Å²) in [5.41, 5.74) is 7.53. The Morgan fingerprint density at radius 3 is 2.29 bits per heavy atom. The molecule has 1 aliphatic rings. The van der Waals surface area contributed by atoms with Crippen molar-refractivity contribution >= 4 is 17.5 Å². The Labute approximate surface area is 226 Å². The molecule has 1 amide bonds. The number of H-pyrrole nitrogens is 1. The van der Waals surface area contributed by atoms with E-state index in [1.54, 1.807) is 0 Å². The van der Waals surface area contributed by atoms with Gasteiger partial charge in [0.1, 0.15) is 18.1 Å². The second-order valence-corrected chi connectivity index (χ2v) is 9.97. The van der Waals surface area contributed by atoms with Gasteiger partial charge < -0.3 is 9.64 Å². The number of aromatic amines is 1. The quantitative estimate of drug-likeness (QED) is 0.244. The van der Waals surface area contributed by atoms with Gasteiger partial charge in [0.15, 0.2) is 0 Å². The molecule has 38 heavy (non-hydrogen) atoms. The van der Waals surface area contributed by atoms with E-state index in [0.29, 0.717) is 23.9 Å². The zero-order valence-electron chi connectivity index (χ0n) is 20.9. The highest BCUT2D eigenvalue weighted by atomic mass is 35.5. The summed E-state index contributed by atoms with van der Waals surface area (Å²) in [4.78, 5) is 15.6. The van der Waals surface area contributed by atoms with Crippen LogP contribution in [0.25, 0.3) is 11.3 Å². The molecule has 1 aliphatic heterocycles. The van der Waals surface area contributed by atoms with Crippen LogP contribution in [-0.2, 0) is 13.2 Å². The lowest BCUT2D eigenvalue weighted by molar-refractivity contribution is 0.0730. The van der Waals surface area contributed by atoms with Gasteiger partial charge in [0.2, 0.25) is 0 Å². The van der Waals surface area contributed by atoms with Crippen LogP contribution in [0.2, 0.25) is 5.02 Å². The summed E-state index contributed by atoms with van der Waals surface area (Å²) in [6, 6.07) is 33.6. The lowest BCUT2D eigenvalue weighted by Gasteiger charge is -2.26. The summed E-state index contributed by atoms with van der Waals surface area (Å²) in [6.07, 6.45) is 0. The maximum absolute atomic E-state index is 13.7. The average molecular weight is 520 g/mol. The van der Waals surface area contributed by atoms with E-state index in [1.807, 2.05) is 83.8 Å². The Kier molecular flexibility index (Phi) is 6.44. The van der Waals surface area contributed by atoms with Crippen molar-refractivity contribution in [3.63, 3.8) is 0 Å². The number of ether oxygens (including phenoxy) is 1. The second-order valence-electron chi connectivity index (χ2n) is 9.53. The fourth-order valence-corrected chi connectivity index (χ4v) is 5.04. The molecule has 1 atom stereocenters.